The minimum absolute atomic E-state index is 0.0650. The van der Waals surface area contributed by atoms with Crippen LogP contribution in [0.5, 0.6) is 17.6 Å². The topological polar surface area (TPSA) is 86.0 Å². The molecule has 0 spiro atoms. The molecule has 1 saturated carbocycles. The van der Waals surface area contributed by atoms with E-state index in [9.17, 15) is 5.11 Å². The van der Waals surface area contributed by atoms with Gasteiger partial charge in [0, 0.05) is 6.20 Å². The zero-order valence-corrected chi connectivity index (χ0v) is 14.4. The number of benzene rings is 1. The zero-order valence-electron chi connectivity index (χ0n) is 14.4. The first-order valence-electron chi connectivity index (χ1n) is 8.85. The molecule has 0 amide bonds. The first kappa shape index (κ1) is 15.7. The van der Waals surface area contributed by atoms with Gasteiger partial charge in [0.15, 0.2) is 5.75 Å². The van der Waals surface area contributed by atoms with Crippen molar-refractivity contribution in [3.05, 3.63) is 66.7 Å². The Morgan fingerprint density at radius 2 is 1.93 bits per heavy atom. The Bertz CT molecular complexity index is 1090. The number of ether oxygens (including phenoxy) is 1. The molecule has 4 aromatic rings. The van der Waals surface area contributed by atoms with E-state index in [-0.39, 0.29) is 17.9 Å². The fourth-order valence-corrected chi connectivity index (χ4v) is 3.32. The first-order chi connectivity index (χ1) is 13.3. The van der Waals surface area contributed by atoms with Crippen molar-refractivity contribution in [2.45, 2.75) is 18.9 Å². The Balaban J connectivity index is 1.44. The van der Waals surface area contributed by atoms with E-state index in [0.29, 0.717) is 22.6 Å². The van der Waals surface area contributed by atoms with E-state index < -0.39 is 0 Å². The number of aromatic hydroxyl groups is 1. The van der Waals surface area contributed by atoms with Gasteiger partial charge in [0.2, 0.25) is 5.88 Å². The average Bonchev–Trinajstić information content (AvgIpc) is 3.42. The quantitative estimate of drug-likeness (QED) is 0.584. The highest BCUT2D eigenvalue weighted by molar-refractivity contribution is 5.82. The SMILES string of the molecule is Oc1nc(Oc2cnn(C(c3ccccc3)C3CC3)c2)nc2cnccc12. The second-order valence-corrected chi connectivity index (χ2v) is 6.67. The molecule has 1 aliphatic rings. The van der Waals surface area contributed by atoms with Gasteiger partial charge >= 0.3 is 6.01 Å². The van der Waals surface area contributed by atoms with Crippen LogP contribution in [-0.2, 0) is 0 Å². The third-order valence-electron chi connectivity index (χ3n) is 4.74. The maximum Gasteiger partial charge on any atom is 0.326 e. The number of hydrogen-bond donors (Lipinski definition) is 1. The summed E-state index contributed by atoms with van der Waals surface area (Å²) in [6.07, 6.45) is 9.04. The number of nitrogens with zero attached hydrogens (tertiary/aromatic N) is 5. The molecule has 0 bridgehead atoms. The van der Waals surface area contributed by atoms with E-state index in [4.69, 9.17) is 4.74 Å². The molecular formula is C20H17N5O2. The van der Waals surface area contributed by atoms with Gasteiger partial charge in [-0.05, 0) is 30.4 Å². The maximum absolute atomic E-state index is 10.1. The lowest BCUT2D eigenvalue weighted by molar-refractivity contribution is 0.410. The maximum atomic E-state index is 10.1. The molecule has 1 N–H and O–H groups in total. The molecule has 1 aromatic carbocycles. The van der Waals surface area contributed by atoms with Crippen LogP contribution in [0, 0.1) is 5.92 Å². The van der Waals surface area contributed by atoms with E-state index in [2.05, 4.69) is 32.2 Å². The van der Waals surface area contributed by atoms with Crippen LogP contribution >= 0.6 is 0 Å². The van der Waals surface area contributed by atoms with Crippen LogP contribution in [-0.4, -0.2) is 29.8 Å². The van der Waals surface area contributed by atoms with Gasteiger partial charge in [-0.25, -0.2) is 0 Å². The van der Waals surface area contributed by atoms with Crippen LogP contribution in [0.25, 0.3) is 10.9 Å². The van der Waals surface area contributed by atoms with Crippen molar-refractivity contribution in [1.82, 2.24) is 24.7 Å². The minimum Gasteiger partial charge on any atom is -0.493 e. The summed E-state index contributed by atoms with van der Waals surface area (Å²) in [5, 5.41) is 15.1. The third-order valence-corrected chi connectivity index (χ3v) is 4.74. The van der Waals surface area contributed by atoms with Crippen molar-refractivity contribution >= 4 is 10.9 Å². The molecule has 0 aliphatic heterocycles. The van der Waals surface area contributed by atoms with Gasteiger partial charge in [-0.1, -0.05) is 30.3 Å². The van der Waals surface area contributed by atoms with E-state index >= 15 is 0 Å². The summed E-state index contributed by atoms with van der Waals surface area (Å²) in [5.74, 6) is 0.983. The van der Waals surface area contributed by atoms with Gasteiger partial charge in [0.05, 0.1) is 35.5 Å². The summed E-state index contributed by atoms with van der Waals surface area (Å²) in [5.41, 5.74) is 1.76. The van der Waals surface area contributed by atoms with E-state index in [1.807, 2.05) is 29.1 Å². The largest absolute Gasteiger partial charge is 0.493 e. The summed E-state index contributed by atoms with van der Waals surface area (Å²) < 4.78 is 7.68. The number of fused-ring (bicyclic) bond motifs is 1. The van der Waals surface area contributed by atoms with Crippen molar-refractivity contribution < 1.29 is 9.84 Å². The second-order valence-electron chi connectivity index (χ2n) is 6.67. The van der Waals surface area contributed by atoms with Crippen molar-refractivity contribution in [1.29, 1.82) is 0 Å². The van der Waals surface area contributed by atoms with E-state index in [1.165, 1.54) is 18.4 Å². The molecule has 7 nitrogen and oxygen atoms in total. The number of rotatable bonds is 5. The predicted molar refractivity (Wildman–Crippen MR) is 98.6 cm³/mol. The molecule has 5 rings (SSSR count). The summed E-state index contributed by atoms with van der Waals surface area (Å²) in [6, 6.07) is 12.3. The molecule has 3 aromatic heterocycles. The van der Waals surface area contributed by atoms with Gasteiger partial charge in [-0.15, -0.1) is 0 Å². The Kier molecular flexibility index (Phi) is 3.71. The lowest BCUT2D eigenvalue weighted by Crippen LogP contribution is -2.13. The molecule has 1 fully saturated rings. The monoisotopic (exact) mass is 359 g/mol. The van der Waals surface area contributed by atoms with Gasteiger partial charge < -0.3 is 9.84 Å². The molecule has 1 unspecified atom stereocenters. The van der Waals surface area contributed by atoms with Crippen molar-refractivity contribution in [3.8, 4) is 17.6 Å². The molecule has 7 heteroatoms. The highest BCUT2D eigenvalue weighted by atomic mass is 16.5. The lowest BCUT2D eigenvalue weighted by Gasteiger charge is -2.17. The van der Waals surface area contributed by atoms with Crippen molar-refractivity contribution in [3.63, 3.8) is 0 Å². The van der Waals surface area contributed by atoms with E-state index in [0.717, 1.165) is 0 Å². The molecule has 3 heterocycles. The Morgan fingerprint density at radius 3 is 2.74 bits per heavy atom. The highest BCUT2D eigenvalue weighted by Crippen LogP contribution is 2.43. The molecule has 0 saturated heterocycles. The second kappa shape index (κ2) is 6.35. The summed E-state index contributed by atoms with van der Waals surface area (Å²) >= 11 is 0. The lowest BCUT2D eigenvalue weighted by atomic mass is 10.0. The van der Waals surface area contributed by atoms with Gasteiger partial charge in [0.1, 0.15) is 0 Å². The summed E-state index contributed by atoms with van der Waals surface area (Å²) in [7, 11) is 0. The minimum atomic E-state index is -0.134. The van der Waals surface area contributed by atoms with Crippen LogP contribution in [0.2, 0.25) is 0 Å². The van der Waals surface area contributed by atoms with E-state index in [1.54, 1.807) is 24.7 Å². The van der Waals surface area contributed by atoms with Gasteiger partial charge in [0.25, 0.3) is 0 Å². The van der Waals surface area contributed by atoms with Crippen LogP contribution in [0.15, 0.2) is 61.2 Å². The zero-order chi connectivity index (χ0) is 18.2. The van der Waals surface area contributed by atoms with Crippen molar-refractivity contribution in [2.24, 2.45) is 5.92 Å². The smallest absolute Gasteiger partial charge is 0.326 e. The molecular weight excluding hydrogens is 342 g/mol. The normalized spacial score (nSPS) is 15.0. The molecule has 1 aliphatic carbocycles. The first-order valence-corrected chi connectivity index (χ1v) is 8.85. The Morgan fingerprint density at radius 1 is 1.07 bits per heavy atom. The third kappa shape index (κ3) is 3.08. The molecule has 134 valence electrons. The number of hydrogen-bond acceptors (Lipinski definition) is 6. The van der Waals surface area contributed by atoms with Crippen LogP contribution in [0.1, 0.15) is 24.4 Å². The highest BCUT2D eigenvalue weighted by Gasteiger charge is 2.34. The standard InChI is InChI=1S/C20H17N5O2/c26-19-16-8-9-21-11-17(16)23-20(24-19)27-15-10-22-25(12-15)18(14-6-7-14)13-4-2-1-3-5-13/h1-5,8-12,14,18H,6-7H2,(H,23,24,26). The fourth-order valence-electron chi connectivity index (χ4n) is 3.32. The molecule has 1 atom stereocenters. The summed E-state index contributed by atoms with van der Waals surface area (Å²) in [6.45, 7) is 0. The fraction of sp³-hybridized carbons (Fsp3) is 0.200. The van der Waals surface area contributed by atoms with Crippen molar-refractivity contribution in [2.75, 3.05) is 0 Å². The average molecular weight is 359 g/mol. The Labute approximate surface area is 155 Å². The molecule has 27 heavy (non-hydrogen) atoms. The molecule has 0 radical (unpaired) electrons. The predicted octanol–water partition coefficient (Wildman–Crippen LogP) is 3.72. The van der Waals surface area contributed by atoms with Crippen LogP contribution < -0.4 is 4.74 Å². The Hall–Kier alpha value is -3.48. The van der Waals surface area contributed by atoms with Gasteiger partial charge in [-0.3, -0.25) is 9.67 Å². The van der Waals surface area contributed by atoms with Crippen LogP contribution in [0.3, 0.4) is 0 Å². The van der Waals surface area contributed by atoms with Gasteiger partial charge in [-0.2, -0.15) is 15.1 Å². The number of aromatic nitrogens is 5. The summed E-state index contributed by atoms with van der Waals surface area (Å²) in [4.78, 5) is 12.3. The van der Waals surface area contributed by atoms with Crippen LogP contribution in [0.4, 0.5) is 0 Å². The number of pyridine rings is 1.